The van der Waals surface area contributed by atoms with Crippen LogP contribution in [0.15, 0.2) is 35.2 Å². The maximum Gasteiger partial charge on any atom is 0.271 e. The number of carbonyl (C=O) groups excluding carboxylic acids is 1. The lowest BCUT2D eigenvalue weighted by Crippen LogP contribution is -2.26. The summed E-state index contributed by atoms with van der Waals surface area (Å²) in [6.07, 6.45) is 0. The van der Waals surface area contributed by atoms with E-state index in [2.05, 4.69) is 10.3 Å². The van der Waals surface area contributed by atoms with Gasteiger partial charge >= 0.3 is 0 Å². The molecule has 0 aliphatic carbocycles. The van der Waals surface area contributed by atoms with Gasteiger partial charge in [0.25, 0.3) is 5.91 Å². The monoisotopic (exact) mass is 276 g/mol. The number of amides is 1. The van der Waals surface area contributed by atoms with Gasteiger partial charge in [-0.2, -0.15) is 0 Å². The molecule has 2 rings (SSSR count). The molecule has 0 aliphatic heterocycles. The van der Waals surface area contributed by atoms with Gasteiger partial charge in [0, 0.05) is 5.38 Å². The van der Waals surface area contributed by atoms with Crippen molar-refractivity contribution in [1.29, 1.82) is 0 Å². The Balaban J connectivity index is 1.99. The largest absolute Gasteiger partial charge is 0.494 e. The fourth-order valence-corrected chi connectivity index (χ4v) is 2.23. The smallest absolute Gasteiger partial charge is 0.271 e. The molecule has 0 aliphatic rings. The molecule has 0 fully saturated rings. The Bertz CT molecular complexity index is 523. The van der Waals surface area contributed by atoms with Crippen LogP contribution in [-0.4, -0.2) is 17.5 Å². The number of rotatable bonds is 5. The summed E-state index contributed by atoms with van der Waals surface area (Å²) in [4.78, 5) is 15.9. The molecule has 0 saturated heterocycles. The Morgan fingerprint density at radius 2 is 2.16 bits per heavy atom. The second kappa shape index (κ2) is 6.33. The van der Waals surface area contributed by atoms with Gasteiger partial charge in [-0.05, 0) is 31.5 Å². The van der Waals surface area contributed by atoms with Crippen LogP contribution in [-0.2, 0) is 0 Å². The highest BCUT2D eigenvalue weighted by Crippen LogP contribution is 2.18. The first-order valence-electron chi connectivity index (χ1n) is 6.12. The van der Waals surface area contributed by atoms with Crippen molar-refractivity contribution in [1.82, 2.24) is 10.3 Å². The highest BCUT2D eigenvalue weighted by molar-refractivity contribution is 7.07. The van der Waals surface area contributed by atoms with Gasteiger partial charge in [-0.1, -0.05) is 12.1 Å². The Morgan fingerprint density at radius 3 is 2.74 bits per heavy atom. The van der Waals surface area contributed by atoms with Crippen molar-refractivity contribution in [2.45, 2.75) is 19.9 Å². The van der Waals surface area contributed by atoms with Crippen molar-refractivity contribution >= 4 is 17.2 Å². The SMILES string of the molecule is CCOc1ccc(C(C)NC(=O)c2cscn2)cc1. The lowest BCUT2D eigenvalue weighted by molar-refractivity contribution is 0.0935. The fourth-order valence-electron chi connectivity index (χ4n) is 1.70. The van der Waals surface area contributed by atoms with Crippen molar-refractivity contribution in [3.8, 4) is 5.75 Å². The molecular formula is C14H16N2O2S. The summed E-state index contributed by atoms with van der Waals surface area (Å²) in [7, 11) is 0. The maximum atomic E-state index is 11.9. The molecule has 1 atom stereocenters. The summed E-state index contributed by atoms with van der Waals surface area (Å²) in [5.74, 6) is 0.687. The summed E-state index contributed by atoms with van der Waals surface area (Å²) < 4.78 is 5.38. The molecule has 5 heteroatoms. The quantitative estimate of drug-likeness (QED) is 0.913. The Morgan fingerprint density at radius 1 is 1.42 bits per heavy atom. The second-order valence-corrected chi connectivity index (χ2v) is 4.79. The number of ether oxygens (including phenoxy) is 1. The third-order valence-electron chi connectivity index (χ3n) is 2.70. The molecule has 0 bridgehead atoms. The molecule has 4 nitrogen and oxygen atoms in total. The minimum atomic E-state index is -0.150. The van der Waals surface area contributed by atoms with Crippen LogP contribution in [0.1, 0.15) is 35.9 Å². The number of nitrogens with zero attached hydrogens (tertiary/aromatic N) is 1. The lowest BCUT2D eigenvalue weighted by atomic mass is 10.1. The minimum absolute atomic E-state index is 0.0649. The summed E-state index contributed by atoms with van der Waals surface area (Å²) in [5, 5.41) is 4.65. The summed E-state index contributed by atoms with van der Waals surface area (Å²) in [6, 6.07) is 7.66. The van der Waals surface area contributed by atoms with E-state index in [0.717, 1.165) is 11.3 Å². The van der Waals surface area contributed by atoms with Crippen LogP contribution in [0.5, 0.6) is 5.75 Å². The van der Waals surface area contributed by atoms with Crippen molar-refractivity contribution in [2.24, 2.45) is 0 Å². The minimum Gasteiger partial charge on any atom is -0.494 e. The first-order valence-corrected chi connectivity index (χ1v) is 7.06. The van der Waals surface area contributed by atoms with E-state index in [1.54, 1.807) is 10.9 Å². The Hall–Kier alpha value is -1.88. The van der Waals surface area contributed by atoms with Gasteiger partial charge in [-0.25, -0.2) is 4.98 Å². The molecule has 1 aromatic carbocycles. The second-order valence-electron chi connectivity index (χ2n) is 4.07. The first kappa shape index (κ1) is 13.5. The summed E-state index contributed by atoms with van der Waals surface area (Å²) in [6.45, 7) is 4.54. The first-order chi connectivity index (χ1) is 9.20. The molecular weight excluding hydrogens is 260 g/mol. The van der Waals surface area contributed by atoms with Crippen LogP contribution in [0, 0.1) is 0 Å². The van der Waals surface area contributed by atoms with Gasteiger partial charge in [-0.3, -0.25) is 4.79 Å². The average Bonchev–Trinajstić information content (AvgIpc) is 2.94. The van der Waals surface area contributed by atoms with E-state index in [1.165, 1.54) is 11.3 Å². The molecule has 19 heavy (non-hydrogen) atoms. The third-order valence-corrected chi connectivity index (χ3v) is 3.29. The van der Waals surface area contributed by atoms with E-state index in [0.29, 0.717) is 12.3 Å². The number of nitrogens with one attached hydrogen (secondary N) is 1. The lowest BCUT2D eigenvalue weighted by Gasteiger charge is -2.14. The van der Waals surface area contributed by atoms with E-state index in [4.69, 9.17) is 4.74 Å². The predicted molar refractivity (Wildman–Crippen MR) is 75.6 cm³/mol. The number of hydrogen-bond donors (Lipinski definition) is 1. The summed E-state index contributed by atoms with van der Waals surface area (Å²) >= 11 is 1.41. The molecule has 0 radical (unpaired) electrons. The van der Waals surface area contributed by atoms with Gasteiger partial charge in [0.15, 0.2) is 0 Å². The summed E-state index contributed by atoms with van der Waals surface area (Å²) in [5.41, 5.74) is 3.14. The molecule has 2 aromatic rings. The van der Waals surface area contributed by atoms with Gasteiger partial charge in [0.1, 0.15) is 11.4 Å². The topological polar surface area (TPSA) is 51.2 Å². The number of thiazole rings is 1. The zero-order valence-electron chi connectivity index (χ0n) is 10.9. The van der Waals surface area contributed by atoms with E-state index >= 15 is 0 Å². The molecule has 1 amide bonds. The maximum absolute atomic E-state index is 11.9. The van der Waals surface area contributed by atoms with Gasteiger partial charge in [0.05, 0.1) is 18.2 Å². The van der Waals surface area contributed by atoms with Gasteiger partial charge in [-0.15, -0.1) is 11.3 Å². The zero-order valence-corrected chi connectivity index (χ0v) is 11.7. The number of aromatic nitrogens is 1. The highest BCUT2D eigenvalue weighted by atomic mass is 32.1. The zero-order chi connectivity index (χ0) is 13.7. The molecule has 1 heterocycles. The van der Waals surface area contributed by atoms with Crippen molar-refractivity contribution in [3.63, 3.8) is 0 Å². The highest BCUT2D eigenvalue weighted by Gasteiger charge is 2.12. The van der Waals surface area contributed by atoms with E-state index in [1.807, 2.05) is 38.1 Å². The van der Waals surface area contributed by atoms with Crippen LogP contribution in [0.2, 0.25) is 0 Å². The molecule has 0 saturated carbocycles. The van der Waals surface area contributed by atoms with Crippen LogP contribution < -0.4 is 10.1 Å². The molecule has 0 spiro atoms. The average molecular weight is 276 g/mol. The fraction of sp³-hybridized carbons (Fsp3) is 0.286. The third kappa shape index (κ3) is 3.54. The van der Waals surface area contributed by atoms with Crippen LogP contribution in [0.3, 0.4) is 0 Å². The van der Waals surface area contributed by atoms with Crippen molar-refractivity contribution in [3.05, 3.63) is 46.4 Å². The molecule has 1 N–H and O–H groups in total. The number of carbonyl (C=O) groups is 1. The molecule has 1 aromatic heterocycles. The molecule has 1 unspecified atom stereocenters. The van der Waals surface area contributed by atoms with Crippen molar-refractivity contribution < 1.29 is 9.53 Å². The van der Waals surface area contributed by atoms with E-state index in [-0.39, 0.29) is 11.9 Å². The number of hydrogen-bond acceptors (Lipinski definition) is 4. The van der Waals surface area contributed by atoms with Crippen LogP contribution in [0.4, 0.5) is 0 Å². The van der Waals surface area contributed by atoms with Gasteiger partial charge in [0.2, 0.25) is 0 Å². The van der Waals surface area contributed by atoms with Crippen LogP contribution >= 0.6 is 11.3 Å². The van der Waals surface area contributed by atoms with Gasteiger partial charge < -0.3 is 10.1 Å². The Labute approximate surface area is 116 Å². The predicted octanol–water partition coefficient (Wildman–Crippen LogP) is 3.03. The van der Waals surface area contributed by atoms with Crippen LogP contribution in [0.25, 0.3) is 0 Å². The molecule has 100 valence electrons. The van der Waals surface area contributed by atoms with E-state index < -0.39 is 0 Å². The normalized spacial score (nSPS) is 11.9. The Kier molecular flexibility index (Phi) is 4.52. The van der Waals surface area contributed by atoms with Crippen molar-refractivity contribution in [2.75, 3.05) is 6.61 Å². The number of benzene rings is 1. The van der Waals surface area contributed by atoms with E-state index in [9.17, 15) is 4.79 Å². The standard InChI is InChI=1S/C14H16N2O2S/c1-3-18-12-6-4-11(5-7-12)10(2)16-14(17)13-8-19-9-15-13/h4-10H,3H2,1-2H3,(H,16,17).